The Morgan fingerprint density at radius 1 is 1.03 bits per heavy atom. The highest BCUT2D eigenvalue weighted by Gasteiger charge is 2.30. The fourth-order valence-corrected chi connectivity index (χ4v) is 5.00. The van der Waals surface area contributed by atoms with Gasteiger partial charge in [-0.2, -0.15) is 0 Å². The molecule has 4 rings (SSSR count). The van der Waals surface area contributed by atoms with Gasteiger partial charge < -0.3 is 20.5 Å². The second kappa shape index (κ2) is 10.1. The van der Waals surface area contributed by atoms with E-state index in [1.807, 2.05) is 24.3 Å². The maximum absolute atomic E-state index is 12.4. The molecular weight excluding hydrogens is 420 g/mol. The summed E-state index contributed by atoms with van der Waals surface area (Å²) in [7, 11) is 0. The predicted octanol–water partition coefficient (Wildman–Crippen LogP) is 4.06. The Labute approximate surface area is 193 Å². The standard InChI is InChI=1S/C26H30N2O5/c1-16(13-24(29)28-18-8-6-7-17(14-18)25(30)31)27-26(32)33-15-23-21-11-4-2-9-19(21)20-10-3-5-12-22(20)23/h2-5,9-12,16-18,23H,6-8,13-15H2,1H3,(H,27,32)(H,28,29)(H,30,31)/t16-,17?,18?/m1/s1. The van der Waals surface area contributed by atoms with E-state index in [4.69, 9.17) is 4.74 Å². The van der Waals surface area contributed by atoms with Gasteiger partial charge in [0.2, 0.25) is 5.91 Å². The fourth-order valence-electron chi connectivity index (χ4n) is 5.00. The third-order valence-corrected chi connectivity index (χ3v) is 6.59. The van der Waals surface area contributed by atoms with E-state index >= 15 is 0 Å². The highest BCUT2D eigenvalue weighted by molar-refractivity contribution is 5.80. The zero-order valence-corrected chi connectivity index (χ0v) is 18.8. The summed E-state index contributed by atoms with van der Waals surface area (Å²) in [6.07, 6.45) is 2.23. The number of amides is 2. The van der Waals surface area contributed by atoms with Crippen molar-refractivity contribution in [2.75, 3.05) is 6.61 Å². The number of hydrogen-bond acceptors (Lipinski definition) is 4. The molecule has 1 saturated carbocycles. The van der Waals surface area contributed by atoms with Crippen molar-refractivity contribution in [3.05, 3.63) is 59.7 Å². The number of aliphatic carboxylic acids is 1. The molecule has 2 amide bonds. The number of nitrogens with one attached hydrogen (secondary N) is 2. The smallest absolute Gasteiger partial charge is 0.407 e. The molecule has 0 radical (unpaired) electrons. The van der Waals surface area contributed by atoms with E-state index in [1.165, 1.54) is 11.1 Å². The highest BCUT2D eigenvalue weighted by Crippen LogP contribution is 2.44. The second-order valence-corrected chi connectivity index (χ2v) is 9.04. The van der Waals surface area contributed by atoms with Crippen LogP contribution in [-0.2, 0) is 14.3 Å². The third-order valence-electron chi connectivity index (χ3n) is 6.59. The summed E-state index contributed by atoms with van der Waals surface area (Å²) >= 11 is 0. The van der Waals surface area contributed by atoms with Crippen LogP contribution in [0, 0.1) is 5.92 Å². The maximum atomic E-state index is 12.4. The van der Waals surface area contributed by atoms with E-state index in [0.717, 1.165) is 24.0 Å². The van der Waals surface area contributed by atoms with Crippen LogP contribution in [0.2, 0.25) is 0 Å². The number of alkyl carbamates (subject to hydrolysis) is 1. The summed E-state index contributed by atoms with van der Waals surface area (Å²) in [6.45, 7) is 1.97. The topological polar surface area (TPSA) is 105 Å². The van der Waals surface area contributed by atoms with E-state index in [2.05, 4.69) is 34.9 Å². The molecule has 33 heavy (non-hydrogen) atoms. The lowest BCUT2D eigenvalue weighted by molar-refractivity contribution is -0.143. The summed E-state index contributed by atoms with van der Waals surface area (Å²) in [4.78, 5) is 36.0. The van der Waals surface area contributed by atoms with Crippen molar-refractivity contribution < 1.29 is 24.2 Å². The Hall–Kier alpha value is -3.35. The molecular formula is C26H30N2O5. The van der Waals surface area contributed by atoms with E-state index < -0.39 is 24.0 Å². The number of fused-ring (bicyclic) bond motifs is 3. The first-order chi connectivity index (χ1) is 15.9. The van der Waals surface area contributed by atoms with Crippen molar-refractivity contribution in [2.45, 2.75) is 57.0 Å². The van der Waals surface area contributed by atoms with Gasteiger partial charge in [-0.25, -0.2) is 4.79 Å². The fraction of sp³-hybridized carbons (Fsp3) is 0.423. The molecule has 1 fully saturated rings. The Bertz CT molecular complexity index is 991. The molecule has 2 aromatic carbocycles. The van der Waals surface area contributed by atoms with Crippen molar-refractivity contribution in [1.82, 2.24) is 10.6 Å². The van der Waals surface area contributed by atoms with Gasteiger partial charge in [0.05, 0.1) is 5.92 Å². The maximum Gasteiger partial charge on any atom is 0.407 e. The number of carbonyl (C=O) groups excluding carboxylic acids is 2. The zero-order chi connectivity index (χ0) is 23.4. The molecule has 0 heterocycles. The van der Waals surface area contributed by atoms with Crippen molar-refractivity contribution in [3.8, 4) is 11.1 Å². The Morgan fingerprint density at radius 2 is 1.67 bits per heavy atom. The van der Waals surface area contributed by atoms with Crippen LogP contribution in [-0.4, -0.2) is 41.8 Å². The Balaban J connectivity index is 1.25. The number of carboxylic acids is 1. The molecule has 2 unspecified atom stereocenters. The lowest BCUT2D eigenvalue weighted by Crippen LogP contribution is -2.43. The first kappa shape index (κ1) is 22.8. The molecule has 174 valence electrons. The Kier molecular flexibility index (Phi) is 6.96. The molecule has 3 N–H and O–H groups in total. The average molecular weight is 451 g/mol. The van der Waals surface area contributed by atoms with Crippen molar-refractivity contribution in [3.63, 3.8) is 0 Å². The van der Waals surface area contributed by atoms with Crippen molar-refractivity contribution in [2.24, 2.45) is 5.92 Å². The van der Waals surface area contributed by atoms with Crippen LogP contribution in [0.3, 0.4) is 0 Å². The summed E-state index contributed by atoms with van der Waals surface area (Å²) in [5, 5.41) is 14.8. The predicted molar refractivity (Wildman–Crippen MR) is 124 cm³/mol. The lowest BCUT2D eigenvalue weighted by atomic mass is 9.85. The van der Waals surface area contributed by atoms with Crippen LogP contribution < -0.4 is 10.6 Å². The minimum absolute atomic E-state index is 0.0183. The molecule has 0 spiro atoms. The van der Waals surface area contributed by atoms with E-state index in [9.17, 15) is 19.5 Å². The normalized spacial score (nSPS) is 20.3. The number of hydrogen-bond donors (Lipinski definition) is 3. The zero-order valence-electron chi connectivity index (χ0n) is 18.8. The molecule has 7 nitrogen and oxygen atoms in total. The molecule has 3 atom stereocenters. The molecule has 0 aromatic heterocycles. The van der Waals surface area contributed by atoms with Gasteiger partial charge in [-0.1, -0.05) is 55.0 Å². The van der Waals surface area contributed by atoms with Crippen LogP contribution in [0.25, 0.3) is 11.1 Å². The number of benzene rings is 2. The second-order valence-electron chi connectivity index (χ2n) is 9.04. The minimum Gasteiger partial charge on any atom is -0.481 e. The largest absolute Gasteiger partial charge is 0.481 e. The monoisotopic (exact) mass is 450 g/mol. The van der Waals surface area contributed by atoms with Crippen LogP contribution in [0.4, 0.5) is 4.79 Å². The molecule has 0 aliphatic heterocycles. The van der Waals surface area contributed by atoms with Crippen molar-refractivity contribution >= 4 is 18.0 Å². The molecule has 0 bridgehead atoms. The molecule has 0 saturated heterocycles. The number of carbonyl (C=O) groups is 3. The van der Waals surface area contributed by atoms with Gasteiger partial charge in [0.15, 0.2) is 0 Å². The summed E-state index contributed by atoms with van der Waals surface area (Å²) < 4.78 is 5.54. The number of carboxylic acid groups (broad SMARTS) is 1. The Morgan fingerprint density at radius 3 is 2.30 bits per heavy atom. The van der Waals surface area contributed by atoms with Crippen LogP contribution >= 0.6 is 0 Å². The van der Waals surface area contributed by atoms with Crippen LogP contribution in [0.5, 0.6) is 0 Å². The minimum atomic E-state index is -0.806. The summed E-state index contributed by atoms with van der Waals surface area (Å²) in [5.41, 5.74) is 4.62. The number of rotatable bonds is 7. The first-order valence-corrected chi connectivity index (χ1v) is 11.6. The van der Waals surface area contributed by atoms with Crippen molar-refractivity contribution in [1.29, 1.82) is 0 Å². The van der Waals surface area contributed by atoms with Gasteiger partial charge in [0.25, 0.3) is 0 Å². The van der Waals surface area contributed by atoms with E-state index in [0.29, 0.717) is 12.8 Å². The molecule has 2 aliphatic rings. The van der Waals surface area contributed by atoms with Gasteiger partial charge in [-0.05, 0) is 48.4 Å². The van der Waals surface area contributed by atoms with Gasteiger partial charge in [0.1, 0.15) is 6.61 Å². The third kappa shape index (κ3) is 5.35. The van der Waals surface area contributed by atoms with Crippen LogP contribution in [0.15, 0.2) is 48.5 Å². The molecule has 2 aliphatic carbocycles. The lowest BCUT2D eigenvalue weighted by Gasteiger charge is -2.27. The highest BCUT2D eigenvalue weighted by atomic mass is 16.5. The quantitative estimate of drug-likeness (QED) is 0.590. The van der Waals surface area contributed by atoms with Gasteiger partial charge in [-0.3, -0.25) is 9.59 Å². The summed E-state index contributed by atoms with van der Waals surface area (Å²) in [6, 6.07) is 15.8. The molecule has 7 heteroatoms. The van der Waals surface area contributed by atoms with E-state index in [1.54, 1.807) is 6.92 Å². The molecule has 2 aromatic rings. The van der Waals surface area contributed by atoms with Gasteiger partial charge in [0, 0.05) is 24.4 Å². The average Bonchev–Trinajstić information content (AvgIpc) is 3.11. The van der Waals surface area contributed by atoms with Gasteiger partial charge >= 0.3 is 12.1 Å². The van der Waals surface area contributed by atoms with Gasteiger partial charge in [-0.15, -0.1) is 0 Å². The SMILES string of the molecule is C[C@H](CC(=O)NC1CCCC(C(=O)O)C1)NC(=O)OCC1c2ccccc2-c2ccccc21. The summed E-state index contributed by atoms with van der Waals surface area (Å²) in [5.74, 6) is -1.42. The number of ether oxygens (including phenoxy) is 1. The van der Waals surface area contributed by atoms with Crippen LogP contribution in [0.1, 0.15) is 56.1 Å². The first-order valence-electron chi connectivity index (χ1n) is 11.6. The van der Waals surface area contributed by atoms with E-state index in [-0.39, 0.29) is 30.9 Å².